The first kappa shape index (κ1) is 21.6. The van der Waals surface area contributed by atoms with Gasteiger partial charge in [-0.2, -0.15) is 4.31 Å². The molecule has 31 heavy (non-hydrogen) atoms. The Bertz CT molecular complexity index is 1100. The fraction of sp³-hybridized carbons (Fsp3) is 0.375. The molecule has 2 aromatic carbocycles. The zero-order chi connectivity index (χ0) is 22.0. The lowest BCUT2D eigenvalue weighted by Gasteiger charge is -2.15. The number of allylic oxidation sites excluding steroid dienone is 1. The van der Waals surface area contributed by atoms with Gasteiger partial charge in [0, 0.05) is 36.2 Å². The van der Waals surface area contributed by atoms with Crippen LogP contribution in [0, 0.1) is 0 Å². The molecule has 164 valence electrons. The molecule has 0 spiro atoms. The minimum Gasteiger partial charge on any atom is -0.493 e. The molecule has 1 saturated heterocycles. The molecule has 0 aromatic heterocycles. The summed E-state index contributed by atoms with van der Waals surface area (Å²) in [6.07, 6.45) is 5.93. The number of hydrogen-bond acceptors (Lipinski definition) is 5. The fourth-order valence-electron chi connectivity index (χ4n) is 4.00. The number of carbonyl (C=O) groups is 1. The van der Waals surface area contributed by atoms with Crippen LogP contribution >= 0.6 is 0 Å². The summed E-state index contributed by atoms with van der Waals surface area (Å²) in [7, 11) is -3.49. The molecule has 0 saturated carbocycles. The normalized spacial score (nSPS) is 18.8. The van der Waals surface area contributed by atoms with E-state index in [1.807, 2.05) is 26.0 Å². The van der Waals surface area contributed by atoms with Crippen molar-refractivity contribution in [2.45, 2.75) is 44.1 Å². The van der Waals surface area contributed by atoms with Gasteiger partial charge in [-0.25, -0.2) is 8.42 Å². The molecule has 1 unspecified atom stereocenters. The lowest BCUT2D eigenvalue weighted by molar-refractivity contribution is 0.104. The summed E-state index contributed by atoms with van der Waals surface area (Å²) in [6, 6.07) is 10.0. The molecule has 0 bridgehead atoms. The van der Waals surface area contributed by atoms with Crippen LogP contribution < -0.4 is 9.47 Å². The second-order valence-electron chi connectivity index (χ2n) is 7.90. The van der Waals surface area contributed by atoms with Gasteiger partial charge in [-0.15, -0.1) is 0 Å². The lowest BCUT2D eigenvalue weighted by Crippen LogP contribution is -2.27. The van der Waals surface area contributed by atoms with Crippen molar-refractivity contribution in [3.8, 4) is 11.5 Å². The number of benzene rings is 2. The Morgan fingerprint density at radius 3 is 2.58 bits per heavy atom. The number of ether oxygens (including phenoxy) is 2. The Morgan fingerprint density at radius 1 is 1.19 bits per heavy atom. The summed E-state index contributed by atoms with van der Waals surface area (Å²) in [5, 5.41) is 0. The highest BCUT2D eigenvalue weighted by atomic mass is 32.2. The number of fused-ring (bicyclic) bond motifs is 1. The minimum atomic E-state index is -3.49. The van der Waals surface area contributed by atoms with Crippen LogP contribution in [-0.2, 0) is 16.4 Å². The molecule has 0 radical (unpaired) electrons. The summed E-state index contributed by atoms with van der Waals surface area (Å²) in [5.41, 5.74) is 2.31. The Hall–Kier alpha value is -2.64. The van der Waals surface area contributed by atoms with Crippen molar-refractivity contribution in [1.82, 2.24) is 4.31 Å². The Morgan fingerprint density at radius 2 is 1.90 bits per heavy atom. The number of sulfonamides is 1. The SMILES string of the molecule is CCOc1cc2c(cc1/C=C/C(=O)c1ccc(S(=O)(=O)N3CCCC3)cc1)OC(C)C2. The average molecular weight is 442 g/mol. The molecular formula is C24H27NO5S. The van der Waals surface area contributed by atoms with Crippen molar-refractivity contribution >= 4 is 21.9 Å². The van der Waals surface area contributed by atoms with Crippen LogP contribution in [0.25, 0.3) is 6.08 Å². The zero-order valence-corrected chi connectivity index (χ0v) is 18.7. The van der Waals surface area contributed by atoms with E-state index >= 15 is 0 Å². The first-order chi connectivity index (χ1) is 14.9. The average Bonchev–Trinajstić information content (AvgIpc) is 3.41. The summed E-state index contributed by atoms with van der Waals surface area (Å²) >= 11 is 0. The van der Waals surface area contributed by atoms with E-state index in [2.05, 4.69) is 0 Å². The third-order valence-corrected chi connectivity index (χ3v) is 7.50. The van der Waals surface area contributed by atoms with Gasteiger partial charge in [0.25, 0.3) is 0 Å². The molecule has 1 fully saturated rings. The molecule has 0 N–H and O–H groups in total. The minimum absolute atomic E-state index is 0.126. The number of rotatable bonds is 7. The summed E-state index contributed by atoms with van der Waals surface area (Å²) in [4.78, 5) is 12.9. The van der Waals surface area contributed by atoms with Crippen molar-refractivity contribution in [1.29, 1.82) is 0 Å². The van der Waals surface area contributed by atoms with Crippen molar-refractivity contribution in [3.63, 3.8) is 0 Å². The number of carbonyl (C=O) groups excluding carboxylic acids is 1. The standard InChI is InChI=1S/C24H27NO5S/c1-3-29-23-16-20-14-17(2)30-24(20)15-19(23)8-11-22(26)18-6-9-21(10-7-18)31(27,28)25-12-4-5-13-25/h6-11,15-17H,3-5,12-14H2,1-2H3/b11-8+. The van der Waals surface area contributed by atoms with Crippen LogP contribution in [0.1, 0.15) is 48.2 Å². The molecule has 2 aliphatic rings. The van der Waals surface area contributed by atoms with E-state index in [1.54, 1.807) is 18.2 Å². The maximum Gasteiger partial charge on any atom is 0.243 e. The van der Waals surface area contributed by atoms with Crippen LogP contribution in [0.2, 0.25) is 0 Å². The van der Waals surface area contributed by atoms with E-state index in [4.69, 9.17) is 9.47 Å². The number of nitrogens with zero attached hydrogens (tertiary/aromatic N) is 1. The van der Waals surface area contributed by atoms with Crippen LogP contribution in [-0.4, -0.2) is 44.3 Å². The number of ketones is 1. The monoisotopic (exact) mass is 441 g/mol. The van der Waals surface area contributed by atoms with Crippen LogP contribution in [0.15, 0.2) is 47.4 Å². The van der Waals surface area contributed by atoms with Gasteiger partial charge >= 0.3 is 0 Å². The second-order valence-corrected chi connectivity index (χ2v) is 9.83. The maximum atomic E-state index is 12.7. The van der Waals surface area contributed by atoms with E-state index in [1.165, 1.54) is 22.5 Å². The molecule has 4 rings (SSSR count). The largest absolute Gasteiger partial charge is 0.493 e. The molecule has 2 aromatic rings. The fourth-order valence-corrected chi connectivity index (χ4v) is 5.51. The highest BCUT2D eigenvalue weighted by Gasteiger charge is 2.27. The summed E-state index contributed by atoms with van der Waals surface area (Å²) < 4.78 is 38.4. The van der Waals surface area contributed by atoms with E-state index in [-0.39, 0.29) is 16.8 Å². The van der Waals surface area contributed by atoms with Crippen molar-refractivity contribution in [3.05, 3.63) is 59.2 Å². The summed E-state index contributed by atoms with van der Waals surface area (Å²) in [6.45, 7) is 5.57. The van der Waals surface area contributed by atoms with Crippen LogP contribution in [0.3, 0.4) is 0 Å². The van der Waals surface area contributed by atoms with Gasteiger partial charge < -0.3 is 9.47 Å². The maximum absolute atomic E-state index is 12.7. The van der Waals surface area contributed by atoms with Crippen molar-refractivity contribution < 1.29 is 22.7 Å². The quantitative estimate of drug-likeness (QED) is 0.478. The first-order valence-corrected chi connectivity index (χ1v) is 12.1. The second kappa shape index (κ2) is 8.85. The third-order valence-electron chi connectivity index (χ3n) is 5.58. The third kappa shape index (κ3) is 4.52. The van der Waals surface area contributed by atoms with Gasteiger partial charge in [-0.05, 0) is 75.2 Å². The topological polar surface area (TPSA) is 72.9 Å². The highest BCUT2D eigenvalue weighted by Crippen LogP contribution is 2.35. The molecule has 2 heterocycles. The highest BCUT2D eigenvalue weighted by molar-refractivity contribution is 7.89. The van der Waals surface area contributed by atoms with Crippen LogP contribution in [0.5, 0.6) is 11.5 Å². The zero-order valence-electron chi connectivity index (χ0n) is 17.8. The Balaban J connectivity index is 1.53. The Kier molecular flexibility index (Phi) is 6.16. The van der Waals surface area contributed by atoms with E-state index < -0.39 is 10.0 Å². The number of hydrogen-bond donors (Lipinski definition) is 0. The van der Waals surface area contributed by atoms with Crippen molar-refractivity contribution in [2.75, 3.05) is 19.7 Å². The van der Waals surface area contributed by atoms with Crippen LogP contribution in [0.4, 0.5) is 0 Å². The molecule has 2 aliphatic heterocycles. The molecule has 6 nitrogen and oxygen atoms in total. The summed E-state index contributed by atoms with van der Waals surface area (Å²) in [5.74, 6) is 1.33. The molecule has 1 atom stereocenters. The molecule has 0 aliphatic carbocycles. The molecule has 0 amide bonds. The van der Waals surface area contributed by atoms with Gasteiger partial charge in [0.15, 0.2) is 5.78 Å². The van der Waals surface area contributed by atoms with Gasteiger partial charge in [0.2, 0.25) is 10.0 Å². The van der Waals surface area contributed by atoms with Gasteiger partial charge in [0.05, 0.1) is 11.5 Å². The molecular weight excluding hydrogens is 414 g/mol. The Labute approximate surface area is 183 Å². The molecule has 7 heteroatoms. The van der Waals surface area contributed by atoms with Gasteiger partial charge in [-0.1, -0.05) is 0 Å². The predicted molar refractivity (Wildman–Crippen MR) is 119 cm³/mol. The predicted octanol–water partition coefficient (Wildman–Crippen LogP) is 4.09. The van der Waals surface area contributed by atoms with E-state index in [9.17, 15) is 13.2 Å². The van der Waals surface area contributed by atoms with Gasteiger partial charge in [-0.3, -0.25) is 4.79 Å². The van der Waals surface area contributed by atoms with Gasteiger partial charge in [0.1, 0.15) is 17.6 Å². The lowest BCUT2D eigenvalue weighted by atomic mass is 10.0. The van der Waals surface area contributed by atoms with Crippen molar-refractivity contribution in [2.24, 2.45) is 0 Å². The first-order valence-electron chi connectivity index (χ1n) is 10.7. The van der Waals surface area contributed by atoms with E-state index in [0.717, 1.165) is 41.9 Å². The smallest absolute Gasteiger partial charge is 0.243 e. The van der Waals surface area contributed by atoms with E-state index in [0.29, 0.717) is 25.3 Å².